The van der Waals surface area contributed by atoms with Crippen molar-refractivity contribution in [3.8, 4) is 12.3 Å². The van der Waals surface area contributed by atoms with Crippen LogP contribution in [0.4, 0.5) is 0 Å². The summed E-state index contributed by atoms with van der Waals surface area (Å²) in [5.41, 5.74) is 1.23. The van der Waals surface area contributed by atoms with Crippen LogP contribution in [0.15, 0.2) is 40.7 Å². The van der Waals surface area contributed by atoms with E-state index in [0.717, 1.165) is 30.2 Å². The number of likely N-dealkylation sites (tertiary alicyclic amines) is 1. The molecule has 2 amide bonds. The van der Waals surface area contributed by atoms with Crippen LogP contribution in [0.3, 0.4) is 0 Å². The van der Waals surface area contributed by atoms with Gasteiger partial charge in [0.05, 0.1) is 5.92 Å². The molecule has 1 aromatic heterocycles. The Labute approximate surface area is 169 Å². The fraction of sp³-hybridized carbons (Fsp3) is 0.455. The highest BCUT2D eigenvalue weighted by atomic mass is 16.2. The van der Waals surface area contributed by atoms with E-state index in [0.29, 0.717) is 38.0 Å². The van der Waals surface area contributed by atoms with E-state index < -0.39 is 0 Å². The van der Waals surface area contributed by atoms with Crippen LogP contribution in [0.1, 0.15) is 42.5 Å². The molecular formula is C22H25N5O2. The summed E-state index contributed by atoms with van der Waals surface area (Å²) in [5, 5.41) is 12.1. The van der Waals surface area contributed by atoms with Crippen molar-refractivity contribution in [1.29, 1.82) is 0 Å². The molecule has 3 heterocycles. The molecule has 7 nitrogen and oxygen atoms in total. The molecule has 29 heavy (non-hydrogen) atoms. The molecule has 150 valence electrons. The summed E-state index contributed by atoms with van der Waals surface area (Å²) in [7, 11) is 0. The highest BCUT2D eigenvalue weighted by Gasteiger charge is 2.39. The van der Waals surface area contributed by atoms with Gasteiger partial charge in [0.1, 0.15) is 0 Å². The zero-order chi connectivity index (χ0) is 20.3. The van der Waals surface area contributed by atoms with Gasteiger partial charge in [0.25, 0.3) is 5.91 Å². The lowest BCUT2D eigenvalue weighted by Crippen LogP contribution is -2.45. The summed E-state index contributed by atoms with van der Waals surface area (Å²) >= 11 is 0. The first-order valence-corrected chi connectivity index (χ1v) is 10.1. The topological polar surface area (TPSA) is 89.9 Å². The summed E-state index contributed by atoms with van der Waals surface area (Å²) in [5.74, 6) is 2.40. The maximum Gasteiger partial charge on any atom is 0.254 e. The Morgan fingerprint density at radius 1 is 1.31 bits per heavy atom. The number of hydrogen-bond acceptors (Lipinski definition) is 4. The Morgan fingerprint density at radius 2 is 2.17 bits per heavy atom. The van der Waals surface area contributed by atoms with Crippen molar-refractivity contribution in [3.63, 3.8) is 0 Å². The molecule has 1 atom stereocenters. The summed E-state index contributed by atoms with van der Waals surface area (Å²) in [6.45, 7) is 1.64. The number of amides is 2. The molecule has 7 heteroatoms. The Hall–Kier alpha value is -3.14. The molecule has 0 spiro atoms. The molecule has 1 fully saturated rings. The average Bonchev–Trinajstić information content (AvgIpc) is 3.35. The number of aromatic amines is 1. The third-order valence-electron chi connectivity index (χ3n) is 5.78. The van der Waals surface area contributed by atoms with Crippen molar-refractivity contribution in [2.75, 3.05) is 19.6 Å². The number of fused-ring (bicyclic) bond motifs is 1. The van der Waals surface area contributed by atoms with Crippen LogP contribution in [0.2, 0.25) is 0 Å². The maximum atomic E-state index is 13.1. The van der Waals surface area contributed by atoms with E-state index in [4.69, 9.17) is 6.42 Å². The summed E-state index contributed by atoms with van der Waals surface area (Å²) < 4.78 is 0. The third kappa shape index (κ3) is 4.16. The van der Waals surface area contributed by atoms with Gasteiger partial charge >= 0.3 is 0 Å². The first kappa shape index (κ1) is 19.2. The minimum Gasteiger partial charge on any atom is -0.361 e. The monoisotopic (exact) mass is 391 g/mol. The van der Waals surface area contributed by atoms with Crippen LogP contribution in [0.25, 0.3) is 10.9 Å². The van der Waals surface area contributed by atoms with Gasteiger partial charge in [0, 0.05) is 61.6 Å². The van der Waals surface area contributed by atoms with Crippen molar-refractivity contribution in [1.82, 2.24) is 15.2 Å². The van der Waals surface area contributed by atoms with Gasteiger partial charge in [-0.3, -0.25) is 9.59 Å². The van der Waals surface area contributed by atoms with E-state index in [1.54, 1.807) is 4.90 Å². The predicted octanol–water partition coefficient (Wildman–Crippen LogP) is 3.10. The van der Waals surface area contributed by atoms with Gasteiger partial charge in [-0.15, -0.1) is 12.3 Å². The molecule has 1 saturated heterocycles. The summed E-state index contributed by atoms with van der Waals surface area (Å²) in [6.07, 6.45) is 10.8. The van der Waals surface area contributed by atoms with Crippen LogP contribution >= 0.6 is 0 Å². The number of carbonyl (C=O) groups is 2. The van der Waals surface area contributed by atoms with E-state index in [2.05, 4.69) is 26.4 Å². The Kier molecular flexibility index (Phi) is 5.34. The third-order valence-corrected chi connectivity index (χ3v) is 5.78. The SMILES string of the molecule is C#CCCC1(CCNC(=O)C2CCCN(C(=O)c3cccc4[nH]ccc34)C2)N=N1. The van der Waals surface area contributed by atoms with Gasteiger partial charge in [-0.25, -0.2) is 0 Å². The second-order valence-corrected chi connectivity index (χ2v) is 7.76. The smallest absolute Gasteiger partial charge is 0.254 e. The molecule has 2 aromatic rings. The van der Waals surface area contributed by atoms with Gasteiger partial charge in [0.15, 0.2) is 5.66 Å². The van der Waals surface area contributed by atoms with Crippen molar-refractivity contribution in [3.05, 3.63) is 36.0 Å². The van der Waals surface area contributed by atoms with Crippen molar-refractivity contribution in [2.24, 2.45) is 16.1 Å². The van der Waals surface area contributed by atoms with E-state index in [1.165, 1.54) is 0 Å². The van der Waals surface area contributed by atoms with Gasteiger partial charge < -0.3 is 15.2 Å². The van der Waals surface area contributed by atoms with Gasteiger partial charge in [-0.05, 0) is 31.0 Å². The van der Waals surface area contributed by atoms with Crippen molar-refractivity contribution in [2.45, 2.75) is 37.8 Å². The number of terminal acetylenes is 1. The van der Waals surface area contributed by atoms with Crippen molar-refractivity contribution < 1.29 is 9.59 Å². The number of piperidine rings is 1. The number of nitrogens with zero attached hydrogens (tertiary/aromatic N) is 3. The van der Waals surface area contributed by atoms with Crippen molar-refractivity contribution >= 4 is 22.7 Å². The summed E-state index contributed by atoms with van der Waals surface area (Å²) in [4.78, 5) is 30.7. The standard InChI is InChI=1S/C22H25N5O2/c1-2-3-10-22(25-26-22)11-13-24-20(28)16-6-5-14-27(15-16)21(29)18-7-4-8-19-17(18)9-12-23-19/h1,4,7-9,12,16,23H,3,5-6,10-11,13-15H2,(H,24,28). The van der Waals surface area contributed by atoms with Crippen LogP contribution < -0.4 is 5.32 Å². The number of carbonyl (C=O) groups excluding carboxylic acids is 2. The number of nitrogens with one attached hydrogen (secondary N) is 2. The average molecular weight is 391 g/mol. The first-order valence-electron chi connectivity index (χ1n) is 10.1. The lowest BCUT2D eigenvalue weighted by molar-refractivity contribution is -0.126. The minimum absolute atomic E-state index is 0.00453. The molecule has 1 aromatic carbocycles. The van der Waals surface area contributed by atoms with E-state index in [-0.39, 0.29) is 23.4 Å². The zero-order valence-corrected chi connectivity index (χ0v) is 16.4. The number of hydrogen-bond donors (Lipinski definition) is 2. The number of benzene rings is 1. The quantitative estimate of drug-likeness (QED) is 0.710. The molecule has 0 bridgehead atoms. The molecule has 1 unspecified atom stereocenters. The second kappa shape index (κ2) is 8.08. The lowest BCUT2D eigenvalue weighted by atomic mass is 9.96. The minimum atomic E-state index is -0.385. The zero-order valence-electron chi connectivity index (χ0n) is 16.4. The van der Waals surface area contributed by atoms with Gasteiger partial charge in [0.2, 0.25) is 5.91 Å². The fourth-order valence-corrected chi connectivity index (χ4v) is 4.02. The number of rotatable bonds is 7. The molecule has 4 rings (SSSR count). The first-order chi connectivity index (χ1) is 14.1. The number of H-pyrrole nitrogens is 1. The fourth-order valence-electron chi connectivity index (χ4n) is 4.02. The molecule has 2 aliphatic rings. The molecular weight excluding hydrogens is 366 g/mol. The normalized spacial score (nSPS) is 19.7. The summed E-state index contributed by atoms with van der Waals surface area (Å²) in [6, 6.07) is 7.60. The van der Waals surface area contributed by atoms with Crippen LogP contribution in [0, 0.1) is 18.3 Å². The van der Waals surface area contributed by atoms with Gasteiger partial charge in [-0.1, -0.05) is 6.07 Å². The molecule has 0 aliphatic carbocycles. The largest absolute Gasteiger partial charge is 0.361 e. The second-order valence-electron chi connectivity index (χ2n) is 7.76. The molecule has 2 N–H and O–H groups in total. The van der Waals surface area contributed by atoms with Crippen LogP contribution in [-0.4, -0.2) is 47.0 Å². The molecule has 2 aliphatic heterocycles. The Balaban J connectivity index is 1.32. The highest BCUT2D eigenvalue weighted by Crippen LogP contribution is 2.36. The predicted molar refractivity (Wildman–Crippen MR) is 110 cm³/mol. The maximum absolute atomic E-state index is 13.1. The Bertz CT molecular complexity index is 980. The van der Waals surface area contributed by atoms with E-state index in [9.17, 15) is 9.59 Å². The number of aromatic nitrogens is 1. The van der Waals surface area contributed by atoms with E-state index in [1.807, 2.05) is 30.5 Å². The highest BCUT2D eigenvalue weighted by molar-refractivity contribution is 6.06. The molecule has 0 radical (unpaired) electrons. The van der Waals surface area contributed by atoms with E-state index >= 15 is 0 Å². The Morgan fingerprint density at radius 3 is 2.97 bits per heavy atom. The molecule has 0 saturated carbocycles. The van der Waals surface area contributed by atoms with Crippen LogP contribution in [-0.2, 0) is 4.79 Å². The lowest BCUT2D eigenvalue weighted by Gasteiger charge is -2.32. The van der Waals surface area contributed by atoms with Crippen LogP contribution in [0.5, 0.6) is 0 Å². The van der Waals surface area contributed by atoms with Gasteiger partial charge in [-0.2, -0.15) is 10.2 Å².